The van der Waals surface area contributed by atoms with E-state index in [2.05, 4.69) is 17.2 Å². The largest absolute Gasteiger partial charge is 0.495 e. The summed E-state index contributed by atoms with van der Waals surface area (Å²) in [6.45, 7) is 8.14. The lowest BCUT2D eigenvalue weighted by molar-refractivity contribution is 0.148. The van der Waals surface area contributed by atoms with Crippen molar-refractivity contribution in [2.24, 2.45) is 5.92 Å². The maximum Gasteiger partial charge on any atom is 0.141 e. The lowest BCUT2D eigenvalue weighted by Gasteiger charge is -2.17. The summed E-state index contributed by atoms with van der Waals surface area (Å²) in [4.78, 5) is 9.05. The van der Waals surface area contributed by atoms with Crippen LogP contribution in [0.4, 0.5) is 11.6 Å². The molecule has 3 aromatic rings. The molecule has 196 valence electrons. The molecule has 1 unspecified atom stereocenters. The molecule has 1 atom stereocenters. The second-order valence-electron chi connectivity index (χ2n) is 8.28. The summed E-state index contributed by atoms with van der Waals surface area (Å²) in [6, 6.07) is 5.32. The minimum atomic E-state index is 0.355. The van der Waals surface area contributed by atoms with Crippen molar-refractivity contribution in [1.82, 2.24) is 9.97 Å². The molecule has 0 bridgehead atoms. The number of nitrogens with zero attached hydrogens (tertiary/aromatic N) is 2. The van der Waals surface area contributed by atoms with E-state index in [1.54, 1.807) is 18.3 Å². The highest BCUT2D eigenvalue weighted by Gasteiger charge is 2.22. The Hall–Kier alpha value is -2.52. The van der Waals surface area contributed by atoms with Crippen LogP contribution in [-0.4, -0.2) is 57.2 Å². The summed E-state index contributed by atoms with van der Waals surface area (Å²) in [7, 11) is 3.07. The van der Waals surface area contributed by atoms with Crippen LogP contribution in [0.1, 0.15) is 26.7 Å². The number of fused-ring (bicyclic) bond motifs is 1. The SMILES string of the molecule is CCCOCC.COc1cc(OC)c(Cl)c(-c2cc3cnc(N)cc3c(NCC3CCOC3)n2)c1Cl. The van der Waals surface area contributed by atoms with Crippen molar-refractivity contribution in [2.75, 3.05) is 58.2 Å². The van der Waals surface area contributed by atoms with Crippen molar-refractivity contribution < 1.29 is 18.9 Å². The number of ether oxygens (including phenoxy) is 4. The molecule has 0 saturated carbocycles. The molecule has 4 rings (SSSR count). The molecule has 1 aliphatic heterocycles. The van der Waals surface area contributed by atoms with E-state index in [4.69, 9.17) is 52.9 Å². The molecular weight excluding hydrogens is 503 g/mol. The average Bonchev–Trinajstić information content (AvgIpc) is 3.41. The van der Waals surface area contributed by atoms with E-state index in [1.165, 1.54) is 14.2 Å². The van der Waals surface area contributed by atoms with Gasteiger partial charge in [0.05, 0.1) is 36.6 Å². The zero-order chi connectivity index (χ0) is 26.1. The third kappa shape index (κ3) is 6.82. The first-order valence-electron chi connectivity index (χ1n) is 12.0. The standard InChI is InChI=1S/C21H22Cl2N4O3.C5H12O/c1-28-15-7-16(29-2)20(23)18(19(15)22)14-5-12-9-25-17(24)6-13(12)21(27-14)26-8-11-3-4-30-10-11;1-3-5-6-4-2/h5-7,9,11H,3-4,8,10H2,1-2H3,(H2,24,25)(H,26,27);3-5H2,1-2H3. The van der Waals surface area contributed by atoms with Crippen molar-refractivity contribution in [3.63, 3.8) is 0 Å². The van der Waals surface area contributed by atoms with Crippen LogP contribution in [0.15, 0.2) is 24.4 Å². The molecule has 8 nitrogen and oxygen atoms in total. The van der Waals surface area contributed by atoms with Crippen LogP contribution < -0.4 is 20.5 Å². The van der Waals surface area contributed by atoms with Gasteiger partial charge in [-0.2, -0.15) is 0 Å². The Morgan fingerprint density at radius 3 is 2.39 bits per heavy atom. The van der Waals surface area contributed by atoms with E-state index in [9.17, 15) is 0 Å². The van der Waals surface area contributed by atoms with Crippen molar-refractivity contribution in [2.45, 2.75) is 26.7 Å². The fraction of sp³-hybridized carbons (Fsp3) is 0.462. The topological polar surface area (TPSA) is 101 Å². The molecule has 10 heteroatoms. The maximum atomic E-state index is 6.61. The van der Waals surface area contributed by atoms with E-state index in [1.807, 2.05) is 13.0 Å². The van der Waals surface area contributed by atoms with E-state index < -0.39 is 0 Å². The summed E-state index contributed by atoms with van der Waals surface area (Å²) < 4.78 is 21.2. The summed E-state index contributed by atoms with van der Waals surface area (Å²) in [5.74, 6) is 2.42. The molecule has 1 saturated heterocycles. The summed E-state index contributed by atoms with van der Waals surface area (Å²) in [5, 5.41) is 5.87. The molecule has 3 N–H and O–H groups in total. The predicted molar refractivity (Wildman–Crippen MR) is 147 cm³/mol. The van der Waals surface area contributed by atoms with Gasteiger partial charge in [0, 0.05) is 60.9 Å². The van der Waals surface area contributed by atoms with Crippen molar-refractivity contribution in [3.8, 4) is 22.8 Å². The Kier molecular flexibility index (Phi) is 10.7. The monoisotopic (exact) mass is 536 g/mol. The van der Waals surface area contributed by atoms with Gasteiger partial charge in [0.2, 0.25) is 0 Å². The molecule has 1 fully saturated rings. The number of halogens is 2. The number of hydrogen-bond acceptors (Lipinski definition) is 8. The minimum absolute atomic E-state index is 0.355. The molecule has 36 heavy (non-hydrogen) atoms. The summed E-state index contributed by atoms with van der Waals surface area (Å²) >= 11 is 13.2. The number of nitrogens with one attached hydrogen (secondary N) is 1. The molecule has 3 heterocycles. The van der Waals surface area contributed by atoms with Gasteiger partial charge in [-0.3, -0.25) is 0 Å². The van der Waals surface area contributed by atoms with Gasteiger partial charge in [-0.1, -0.05) is 30.1 Å². The van der Waals surface area contributed by atoms with Crippen LogP contribution >= 0.6 is 23.2 Å². The number of methoxy groups -OCH3 is 2. The Balaban J connectivity index is 0.000000538. The predicted octanol–water partition coefficient (Wildman–Crippen LogP) is 6.08. The van der Waals surface area contributed by atoms with Crippen molar-refractivity contribution in [3.05, 3.63) is 34.4 Å². The first-order chi connectivity index (χ1) is 17.4. The average molecular weight is 537 g/mol. The highest BCUT2D eigenvalue weighted by Crippen LogP contribution is 2.46. The van der Waals surface area contributed by atoms with E-state index in [0.29, 0.717) is 50.4 Å². The van der Waals surface area contributed by atoms with E-state index in [-0.39, 0.29) is 0 Å². The van der Waals surface area contributed by atoms with Gasteiger partial charge in [0.1, 0.15) is 23.1 Å². The number of benzene rings is 1. The van der Waals surface area contributed by atoms with Gasteiger partial charge in [0.15, 0.2) is 0 Å². The van der Waals surface area contributed by atoms with Gasteiger partial charge in [-0.05, 0) is 31.9 Å². The molecule has 1 aromatic carbocycles. The Bertz CT molecular complexity index is 1120. The molecule has 0 radical (unpaired) electrons. The number of hydrogen-bond donors (Lipinski definition) is 2. The molecule has 0 aliphatic carbocycles. The number of nitrogen functional groups attached to an aromatic ring is 1. The zero-order valence-electron chi connectivity index (χ0n) is 21.2. The smallest absolute Gasteiger partial charge is 0.141 e. The number of rotatable bonds is 9. The van der Waals surface area contributed by atoms with Crippen LogP contribution in [0, 0.1) is 5.92 Å². The fourth-order valence-electron chi connectivity index (χ4n) is 3.81. The minimum Gasteiger partial charge on any atom is -0.495 e. The van der Waals surface area contributed by atoms with Gasteiger partial charge >= 0.3 is 0 Å². The van der Waals surface area contributed by atoms with Crippen LogP contribution in [0.25, 0.3) is 22.0 Å². The highest BCUT2D eigenvalue weighted by atomic mass is 35.5. The van der Waals surface area contributed by atoms with E-state index in [0.717, 1.165) is 56.6 Å². The Labute approximate surface area is 222 Å². The fourth-order valence-corrected chi connectivity index (χ4v) is 4.50. The van der Waals surface area contributed by atoms with Crippen LogP contribution in [0.5, 0.6) is 11.5 Å². The quantitative estimate of drug-likeness (QED) is 0.317. The van der Waals surface area contributed by atoms with Gasteiger partial charge < -0.3 is 30.0 Å². The molecule has 0 spiro atoms. The number of aromatic nitrogens is 2. The normalized spacial score (nSPS) is 14.9. The first kappa shape index (κ1) is 28.1. The van der Waals surface area contributed by atoms with Crippen LogP contribution in [-0.2, 0) is 9.47 Å². The lowest BCUT2D eigenvalue weighted by atomic mass is 10.1. The van der Waals surface area contributed by atoms with Crippen LogP contribution in [0.3, 0.4) is 0 Å². The third-order valence-electron chi connectivity index (χ3n) is 5.70. The number of pyridine rings is 2. The molecule has 0 amide bonds. The van der Waals surface area contributed by atoms with Crippen LogP contribution in [0.2, 0.25) is 10.0 Å². The second kappa shape index (κ2) is 13.7. The summed E-state index contributed by atoms with van der Waals surface area (Å²) in [6.07, 6.45) is 3.85. The number of anilines is 2. The lowest BCUT2D eigenvalue weighted by Crippen LogP contribution is -2.15. The highest BCUT2D eigenvalue weighted by molar-refractivity contribution is 6.41. The Morgan fingerprint density at radius 1 is 1.11 bits per heavy atom. The van der Waals surface area contributed by atoms with Gasteiger partial charge in [-0.25, -0.2) is 9.97 Å². The van der Waals surface area contributed by atoms with Gasteiger partial charge in [0.25, 0.3) is 0 Å². The second-order valence-corrected chi connectivity index (χ2v) is 9.03. The zero-order valence-corrected chi connectivity index (χ0v) is 22.7. The van der Waals surface area contributed by atoms with Crippen molar-refractivity contribution in [1.29, 1.82) is 0 Å². The molecule has 1 aliphatic rings. The summed E-state index contributed by atoms with van der Waals surface area (Å²) in [5.41, 5.74) is 7.03. The Morgan fingerprint density at radius 2 is 1.83 bits per heavy atom. The third-order valence-corrected chi connectivity index (χ3v) is 6.45. The number of nitrogens with two attached hydrogens (primary N) is 1. The molecule has 2 aromatic heterocycles. The maximum absolute atomic E-state index is 6.61. The van der Waals surface area contributed by atoms with Gasteiger partial charge in [-0.15, -0.1) is 0 Å². The molecular formula is C26H34Cl2N4O4. The van der Waals surface area contributed by atoms with E-state index >= 15 is 0 Å². The van der Waals surface area contributed by atoms with Crippen molar-refractivity contribution >= 4 is 45.6 Å². The first-order valence-corrected chi connectivity index (χ1v) is 12.7.